The molecule has 2 saturated carbocycles. The van der Waals surface area contributed by atoms with Crippen LogP contribution >= 0.6 is 0 Å². The minimum absolute atomic E-state index is 1.04. The molecule has 12 heavy (non-hydrogen) atoms. The zero-order valence-corrected chi connectivity index (χ0v) is 8.51. The predicted molar refractivity (Wildman–Crippen MR) is 52.9 cm³/mol. The third-order valence-corrected chi connectivity index (χ3v) is 4.10. The summed E-state index contributed by atoms with van der Waals surface area (Å²) in [6.07, 6.45) is 6.70. The lowest BCUT2D eigenvalue weighted by atomic mass is 9.47. The van der Waals surface area contributed by atoms with Crippen molar-refractivity contribution in [3.63, 3.8) is 0 Å². The molecule has 0 aromatic carbocycles. The van der Waals surface area contributed by atoms with Gasteiger partial charge in [-0.3, -0.25) is 0 Å². The number of fused-ring (bicyclic) bond motifs is 1. The van der Waals surface area contributed by atoms with Crippen LogP contribution in [-0.4, -0.2) is 0 Å². The number of allylic oxidation sites excluding steroid dienone is 2. The summed E-state index contributed by atoms with van der Waals surface area (Å²) >= 11 is 0. The van der Waals surface area contributed by atoms with Crippen LogP contribution in [-0.2, 0) is 0 Å². The van der Waals surface area contributed by atoms with Crippen LogP contribution in [0.4, 0.5) is 0 Å². The molecule has 2 aliphatic carbocycles. The quantitative estimate of drug-likeness (QED) is 0.547. The molecule has 0 radical (unpaired) electrons. The van der Waals surface area contributed by atoms with Crippen LogP contribution < -0.4 is 0 Å². The Kier molecular flexibility index (Phi) is 2.02. The van der Waals surface area contributed by atoms with Crippen LogP contribution in [0.5, 0.6) is 0 Å². The van der Waals surface area contributed by atoms with Crippen molar-refractivity contribution in [3.05, 3.63) is 11.6 Å². The maximum atomic E-state index is 2.43. The molecule has 0 heteroatoms. The second-order valence-electron chi connectivity index (χ2n) is 4.89. The van der Waals surface area contributed by atoms with Gasteiger partial charge in [-0.15, -0.1) is 0 Å². The summed E-state index contributed by atoms with van der Waals surface area (Å²) in [6, 6.07) is 0. The lowest BCUT2D eigenvalue weighted by Gasteiger charge is -2.58. The van der Waals surface area contributed by atoms with Gasteiger partial charge in [-0.25, -0.2) is 0 Å². The van der Waals surface area contributed by atoms with E-state index in [9.17, 15) is 0 Å². The Morgan fingerprint density at radius 2 is 2.17 bits per heavy atom. The second kappa shape index (κ2) is 2.90. The lowest BCUT2D eigenvalue weighted by Crippen LogP contribution is -2.50. The van der Waals surface area contributed by atoms with Crippen LogP contribution in [0, 0.1) is 23.7 Å². The van der Waals surface area contributed by atoms with Gasteiger partial charge in [-0.1, -0.05) is 18.6 Å². The van der Waals surface area contributed by atoms with Crippen molar-refractivity contribution < 1.29 is 0 Å². The molecular weight excluding hydrogens is 144 g/mol. The van der Waals surface area contributed by atoms with E-state index in [1.165, 1.54) is 19.3 Å². The molecule has 68 valence electrons. The van der Waals surface area contributed by atoms with Crippen molar-refractivity contribution >= 4 is 0 Å². The lowest BCUT2D eigenvalue weighted by molar-refractivity contribution is -0.0799. The molecule has 2 rings (SSSR count). The van der Waals surface area contributed by atoms with Crippen LogP contribution in [0.25, 0.3) is 0 Å². The van der Waals surface area contributed by atoms with Gasteiger partial charge >= 0.3 is 0 Å². The largest absolute Gasteiger partial charge is 0.0887 e. The Morgan fingerprint density at radius 1 is 1.42 bits per heavy atom. The van der Waals surface area contributed by atoms with E-state index in [1.54, 1.807) is 5.57 Å². The van der Waals surface area contributed by atoms with E-state index in [-0.39, 0.29) is 0 Å². The van der Waals surface area contributed by atoms with Crippen LogP contribution in [0.3, 0.4) is 0 Å². The number of rotatable bonds is 2. The van der Waals surface area contributed by atoms with Crippen LogP contribution in [0.15, 0.2) is 11.6 Å². The molecule has 0 amide bonds. The van der Waals surface area contributed by atoms with Gasteiger partial charge in [0.25, 0.3) is 0 Å². The second-order valence-corrected chi connectivity index (χ2v) is 4.89. The summed E-state index contributed by atoms with van der Waals surface area (Å²) in [5.41, 5.74) is 1.59. The Labute approximate surface area is 76.1 Å². The van der Waals surface area contributed by atoms with E-state index in [2.05, 4.69) is 26.8 Å². The first-order chi connectivity index (χ1) is 5.72. The third kappa shape index (κ3) is 1.12. The van der Waals surface area contributed by atoms with Gasteiger partial charge in [0, 0.05) is 0 Å². The Bertz CT molecular complexity index is 198. The summed E-state index contributed by atoms with van der Waals surface area (Å²) in [5, 5.41) is 0. The molecule has 0 aromatic rings. The fourth-order valence-electron chi connectivity index (χ4n) is 3.26. The summed E-state index contributed by atoms with van der Waals surface area (Å²) in [5.74, 6) is 4.34. The summed E-state index contributed by atoms with van der Waals surface area (Å²) in [4.78, 5) is 0. The van der Waals surface area contributed by atoms with Gasteiger partial charge in [0.15, 0.2) is 0 Å². The summed E-state index contributed by atoms with van der Waals surface area (Å²) in [6.45, 7) is 6.87. The average molecular weight is 164 g/mol. The molecule has 0 aromatic heterocycles. The van der Waals surface area contributed by atoms with Crippen molar-refractivity contribution in [1.82, 2.24) is 0 Å². The topological polar surface area (TPSA) is 0 Å². The van der Waals surface area contributed by atoms with E-state index in [4.69, 9.17) is 0 Å². The van der Waals surface area contributed by atoms with Crippen molar-refractivity contribution in [2.24, 2.45) is 23.7 Å². The molecule has 4 atom stereocenters. The highest BCUT2D eigenvalue weighted by Gasteiger charge is 2.51. The number of hydrogen-bond acceptors (Lipinski definition) is 0. The van der Waals surface area contributed by atoms with E-state index in [0.717, 1.165) is 23.7 Å². The van der Waals surface area contributed by atoms with Gasteiger partial charge in [-0.2, -0.15) is 0 Å². The summed E-state index contributed by atoms with van der Waals surface area (Å²) in [7, 11) is 0. The van der Waals surface area contributed by atoms with E-state index in [1.807, 2.05) is 0 Å². The maximum Gasteiger partial charge on any atom is -0.0292 e. The van der Waals surface area contributed by atoms with E-state index in [0.29, 0.717) is 0 Å². The first-order valence-corrected chi connectivity index (χ1v) is 5.34. The van der Waals surface area contributed by atoms with E-state index < -0.39 is 0 Å². The van der Waals surface area contributed by atoms with Crippen molar-refractivity contribution in [2.45, 2.75) is 40.0 Å². The SMILES string of the molecule is CC=C(C)CC1CC2CC(C)C12. The monoisotopic (exact) mass is 164 g/mol. The Morgan fingerprint density at radius 3 is 2.67 bits per heavy atom. The normalized spacial score (nSPS) is 46.1. The Hall–Kier alpha value is -0.260. The van der Waals surface area contributed by atoms with Gasteiger partial charge in [0.05, 0.1) is 0 Å². The van der Waals surface area contributed by atoms with Crippen LogP contribution in [0.1, 0.15) is 40.0 Å². The molecule has 0 N–H and O–H groups in total. The molecule has 4 unspecified atom stereocenters. The minimum Gasteiger partial charge on any atom is -0.0887 e. The minimum atomic E-state index is 1.04. The Balaban J connectivity index is 1.84. The zero-order chi connectivity index (χ0) is 8.72. The van der Waals surface area contributed by atoms with Gasteiger partial charge in [0.1, 0.15) is 0 Å². The fraction of sp³-hybridized carbons (Fsp3) is 0.833. The fourth-order valence-corrected chi connectivity index (χ4v) is 3.26. The van der Waals surface area contributed by atoms with Gasteiger partial charge < -0.3 is 0 Å². The molecule has 0 nitrogen and oxygen atoms in total. The first-order valence-electron chi connectivity index (χ1n) is 5.34. The third-order valence-electron chi connectivity index (χ3n) is 4.10. The van der Waals surface area contributed by atoms with Gasteiger partial charge in [0.2, 0.25) is 0 Å². The van der Waals surface area contributed by atoms with E-state index >= 15 is 0 Å². The molecule has 0 spiro atoms. The highest BCUT2D eigenvalue weighted by molar-refractivity contribution is 5.07. The molecule has 0 aliphatic heterocycles. The molecule has 0 bridgehead atoms. The smallest absolute Gasteiger partial charge is 0.0292 e. The van der Waals surface area contributed by atoms with Gasteiger partial charge in [-0.05, 0) is 56.8 Å². The molecule has 2 fully saturated rings. The van der Waals surface area contributed by atoms with Crippen LogP contribution in [0.2, 0.25) is 0 Å². The van der Waals surface area contributed by atoms with Crippen molar-refractivity contribution in [3.8, 4) is 0 Å². The predicted octanol–water partition coefficient (Wildman–Crippen LogP) is 3.63. The molecule has 2 aliphatic rings. The van der Waals surface area contributed by atoms with Crippen molar-refractivity contribution in [2.75, 3.05) is 0 Å². The average Bonchev–Trinajstić information content (AvgIpc) is 2.00. The number of hydrogen-bond donors (Lipinski definition) is 0. The highest BCUT2D eigenvalue weighted by atomic mass is 14.6. The van der Waals surface area contributed by atoms with Crippen molar-refractivity contribution in [1.29, 1.82) is 0 Å². The first kappa shape index (κ1) is 8.34. The highest BCUT2D eigenvalue weighted by Crippen LogP contribution is 2.59. The summed E-state index contributed by atoms with van der Waals surface area (Å²) < 4.78 is 0. The molecule has 0 heterocycles. The zero-order valence-electron chi connectivity index (χ0n) is 8.51. The maximum absolute atomic E-state index is 2.43. The molecular formula is C12H20. The standard InChI is InChI=1S/C12H20/c1-4-8(2)5-10-7-11-6-9(3)12(10)11/h4,9-12H,5-7H2,1-3H3. The molecule has 0 saturated heterocycles.